The van der Waals surface area contributed by atoms with Crippen molar-refractivity contribution in [2.75, 3.05) is 5.32 Å². The minimum absolute atomic E-state index is 0.321. The number of nitrogens with one attached hydrogen (secondary N) is 2. The zero-order chi connectivity index (χ0) is 20.0. The lowest BCUT2D eigenvalue weighted by atomic mass is 9.89. The monoisotopic (exact) mass is 403 g/mol. The van der Waals surface area contributed by atoms with Crippen molar-refractivity contribution in [1.29, 1.82) is 0 Å². The fourth-order valence-corrected chi connectivity index (χ4v) is 4.33. The molecule has 1 unspecified atom stereocenters. The molecule has 0 saturated carbocycles. The molecule has 4 aromatic rings. The highest BCUT2D eigenvalue weighted by molar-refractivity contribution is 7.14. The van der Waals surface area contributed by atoms with Gasteiger partial charge >= 0.3 is 5.97 Å². The van der Waals surface area contributed by atoms with Crippen molar-refractivity contribution >= 4 is 39.2 Å². The van der Waals surface area contributed by atoms with Gasteiger partial charge in [-0.25, -0.2) is 9.78 Å². The van der Waals surface area contributed by atoms with E-state index in [0.29, 0.717) is 17.1 Å². The Balaban J connectivity index is 1.39. The molecule has 1 aliphatic rings. The SMILES string of the molecule is CC1(C(=O)Nc2nc(-c3c[nH]c4ccccc34)cs2)Cc2ccccc2C(=O)O1. The van der Waals surface area contributed by atoms with E-state index >= 15 is 0 Å². The number of esters is 1. The number of hydrogen-bond donors (Lipinski definition) is 2. The van der Waals surface area contributed by atoms with Gasteiger partial charge in [0.05, 0.1) is 11.3 Å². The molecule has 1 atom stereocenters. The molecule has 6 nitrogen and oxygen atoms in total. The van der Waals surface area contributed by atoms with E-state index in [0.717, 1.165) is 27.7 Å². The van der Waals surface area contributed by atoms with Crippen LogP contribution < -0.4 is 5.32 Å². The number of para-hydroxylation sites is 1. The first-order chi connectivity index (χ1) is 14.0. The molecule has 5 rings (SSSR count). The highest BCUT2D eigenvalue weighted by Gasteiger charge is 2.42. The number of anilines is 1. The summed E-state index contributed by atoms with van der Waals surface area (Å²) < 4.78 is 5.49. The number of cyclic esters (lactones) is 1. The zero-order valence-electron chi connectivity index (χ0n) is 15.6. The predicted molar refractivity (Wildman–Crippen MR) is 112 cm³/mol. The summed E-state index contributed by atoms with van der Waals surface area (Å²) >= 11 is 1.34. The molecular weight excluding hydrogens is 386 g/mol. The summed E-state index contributed by atoms with van der Waals surface area (Å²) in [5.74, 6) is -0.872. The second kappa shape index (κ2) is 6.56. The second-order valence-corrected chi connectivity index (χ2v) is 8.05. The minimum Gasteiger partial charge on any atom is -0.445 e. The van der Waals surface area contributed by atoms with Crippen LogP contribution in [0.2, 0.25) is 0 Å². The number of benzene rings is 2. The predicted octanol–water partition coefficient (Wildman–Crippen LogP) is 4.40. The summed E-state index contributed by atoms with van der Waals surface area (Å²) in [5.41, 5.74) is 2.81. The molecule has 0 radical (unpaired) electrons. The van der Waals surface area contributed by atoms with E-state index < -0.39 is 11.6 Å². The quantitative estimate of drug-likeness (QED) is 0.497. The van der Waals surface area contributed by atoms with Crippen molar-refractivity contribution in [3.8, 4) is 11.3 Å². The number of thiazole rings is 1. The lowest BCUT2D eigenvalue weighted by Crippen LogP contribution is -2.48. The first kappa shape index (κ1) is 17.6. The average molecular weight is 403 g/mol. The van der Waals surface area contributed by atoms with Gasteiger partial charge in [0, 0.05) is 34.5 Å². The van der Waals surface area contributed by atoms with Gasteiger partial charge in [-0.2, -0.15) is 0 Å². The number of aromatic amines is 1. The van der Waals surface area contributed by atoms with Gasteiger partial charge in [-0.1, -0.05) is 36.4 Å². The molecule has 144 valence electrons. The van der Waals surface area contributed by atoms with Crippen LogP contribution in [0.5, 0.6) is 0 Å². The molecule has 1 amide bonds. The van der Waals surface area contributed by atoms with Crippen LogP contribution in [0.3, 0.4) is 0 Å². The lowest BCUT2D eigenvalue weighted by molar-refractivity contribution is -0.134. The number of nitrogens with zero attached hydrogens (tertiary/aromatic N) is 1. The zero-order valence-corrected chi connectivity index (χ0v) is 16.4. The normalized spacial score (nSPS) is 18.3. The van der Waals surface area contributed by atoms with Crippen molar-refractivity contribution in [3.05, 3.63) is 71.2 Å². The van der Waals surface area contributed by atoms with E-state index in [9.17, 15) is 9.59 Å². The molecule has 0 saturated heterocycles. The molecule has 2 aromatic heterocycles. The maximum absolute atomic E-state index is 12.9. The first-order valence-corrected chi connectivity index (χ1v) is 10.1. The van der Waals surface area contributed by atoms with Crippen LogP contribution in [-0.4, -0.2) is 27.4 Å². The summed E-state index contributed by atoms with van der Waals surface area (Å²) in [5, 5.41) is 6.25. The largest absolute Gasteiger partial charge is 0.445 e. The fraction of sp³-hybridized carbons (Fsp3) is 0.136. The Hall–Kier alpha value is -3.45. The second-order valence-electron chi connectivity index (χ2n) is 7.19. The molecule has 2 aromatic carbocycles. The smallest absolute Gasteiger partial charge is 0.339 e. The molecule has 1 aliphatic heterocycles. The van der Waals surface area contributed by atoms with E-state index in [2.05, 4.69) is 15.3 Å². The maximum atomic E-state index is 12.9. The summed E-state index contributed by atoms with van der Waals surface area (Å²) in [7, 11) is 0. The Kier molecular flexibility index (Phi) is 3.99. The Morgan fingerprint density at radius 3 is 2.86 bits per heavy atom. The van der Waals surface area contributed by atoms with Crippen LogP contribution >= 0.6 is 11.3 Å². The van der Waals surface area contributed by atoms with Gasteiger partial charge in [0.25, 0.3) is 5.91 Å². The topological polar surface area (TPSA) is 84.1 Å². The van der Waals surface area contributed by atoms with E-state index in [1.807, 2.05) is 48.0 Å². The molecular formula is C22H17N3O3S. The summed E-state index contributed by atoms with van der Waals surface area (Å²) in [4.78, 5) is 33.0. The van der Waals surface area contributed by atoms with Crippen molar-refractivity contribution in [1.82, 2.24) is 9.97 Å². The standard InChI is InChI=1S/C22H17N3O3S/c1-22(10-13-6-2-3-7-14(13)19(26)28-22)20(27)25-21-24-18(12-29-21)16-11-23-17-9-5-4-8-15(16)17/h2-9,11-12,23H,10H2,1H3,(H,24,25,27). The van der Waals surface area contributed by atoms with Gasteiger partial charge in [-0.3, -0.25) is 10.1 Å². The number of carbonyl (C=O) groups excluding carboxylic acids is 2. The first-order valence-electron chi connectivity index (χ1n) is 9.18. The molecule has 0 spiro atoms. The highest BCUT2D eigenvalue weighted by Crippen LogP contribution is 2.33. The number of fused-ring (bicyclic) bond motifs is 2. The van der Waals surface area contributed by atoms with Gasteiger partial charge in [0.2, 0.25) is 0 Å². The summed E-state index contributed by atoms with van der Waals surface area (Å²) in [6.45, 7) is 1.63. The number of amides is 1. The number of carbonyl (C=O) groups is 2. The molecule has 7 heteroatoms. The summed E-state index contributed by atoms with van der Waals surface area (Å²) in [6.07, 6.45) is 2.23. The highest BCUT2D eigenvalue weighted by atomic mass is 32.1. The van der Waals surface area contributed by atoms with Gasteiger partial charge in [-0.15, -0.1) is 11.3 Å². The van der Waals surface area contributed by atoms with Crippen LogP contribution in [0.1, 0.15) is 22.8 Å². The molecule has 29 heavy (non-hydrogen) atoms. The van der Waals surface area contributed by atoms with Crippen LogP contribution in [0.15, 0.2) is 60.1 Å². The molecule has 0 bridgehead atoms. The van der Waals surface area contributed by atoms with Crippen LogP contribution in [0.25, 0.3) is 22.2 Å². The van der Waals surface area contributed by atoms with Crippen molar-refractivity contribution in [2.45, 2.75) is 18.9 Å². The third-order valence-corrected chi connectivity index (χ3v) is 5.91. The fourth-order valence-electron chi connectivity index (χ4n) is 3.63. The summed E-state index contributed by atoms with van der Waals surface area (Å²) in [6, 6.07) is 15.2. The van der Waals surface area contributed by atoms with Crippen LogP contribution in [0, 0.1) is 0 Å². The molecule has 0 fully saturated rings. The van der Waals surface area contributed by atoms with Gasteiger partial charge in [-0.05, 0) is 24.6 Å². The average Bonchev–Trinajstić information content (AvgIpc) is 3.34. The van der Waals surface area contributed by atoms with E-state index in [-0.39, 0.29) is 5.91 Å². The Morgan fingerprint density at radius 2 is 1.97 bits per heavy atom. The van der Waals surface area contributed by atoms with Gasteiger partial charge < -0.3 is 9.72 Å². The van der Waals surface area contributed by atoms with Crippen molar-refractivity contribution in [2.24, 2.45) is 0 Å². The Morgan fingerprint density at radius 1 is 1.17 bits per heavy atom. The van der Waals surface area contributed by atoms with E-state index in [1.54, 1.807) is 19.1 Å². The van der Waals surface area contributed by atoms with Crippen molar-refractivity contribution in [3.63, 3.8) is 0 Å². The Labute approximate surface area is 170 Å². The number of aromatic nitrogens is 2. The number of ether oxygens (including phenoxy) is 1. The minimum atomic E-state index is -1.28. The third-order valence-electron chi connectivity index (χ3n) is 5.15. The van der Waals surface area contributed by atoms with Gasteiger partial charge in [0.15, 0.2) is 10.7 Å². The molecule has 3 heterocycles. The van der Waals surface area contributed by atoms with Crippen LogP contribution in [0.4, 0.5) is 5.13 Å². The third kappa shape index (κ3) is 3.00. The number of rotatable bonds is 3. The maximum Gasteiger partial charge on any atom is 0.339 e. The molecule has 0 aliphatic carbocycles. The van der Waals surface area contributed by atoms with Crippen LogP contribution in [-0.2, 0) is 16.0 Å². The van der Waals surface area contributed by atoms with Crippen molar-refractivity contribution < 1.29 is 14.3 Å². The Bertz CT molecular complexity index is 1260. The van der Waals surface area contributed by atoms with E-state index in [1.165, 1.54) is 11.3 Å². The van der Waals surface area contributed by atoms with Gasteiger partial charge in [0.1, 0.15) is 0 Å². The number of H-pyrrole nitrogens is 1. The lowest BCUT2D eigenvalue weighted by Gasteiger charge is -2.32. The molecule has 2 N–H and O–H groups in total. The van der Waals surface area contributed by atoms with E-state index in [4.69, 9.17) is 4.74 Å². The number of hydrogen-bond acceptors (Lipinski definition) is 5.